The number of benzene rings is 2. The van der Waals surface area contributed by atoms with Gasteiger partial charge in [0, 0.05) is 64.4 Å². The number of pyridine rings is 1. The summed E-state index contributed by atoms with van der Waals surface area (Å²) in [5.41, 5.74) is 6.13. The van der Waals surface area contributed by atoms with Crippen LogP contribution in [0.3, 0.4) is 0 Å². The van der Waals surface area contributed by atoms with E-state index in [0.717, 1.165) is 30.8 Å². The number of nitrogens with zero attached hydrogens (tertiary/aromatic N) is 3. The van der Waals surface area contributed by atoms with Gasteiger partial charge in [-0.3, -0.25) is 4.90 Å². The first kappa shape index (κ1) is 21.5. The fourth-order valence-electron chi connectivity index (χ4n) is 5.89. The van der Waals surface area contributed by atoms with Crippen molar-refractivity contribution in [3.8, 4) is 5.75 Å². The second kappa shape index (κ2) is 8.31. The zero-order valence-corrected chi connectivity index (χ0v) is 20.7. The normalized spacial score (nSPS) is 14.9. The van der Waals surface area contributed by atoms with Gasteiger partial charge < -0.3 is 9.72 Å². The van der Waals surface area contributed by atoms with Crippen LogP contribution in [0.5, 0.6) is 5.75 Å². The van der Waals surface area contributed by atoms with E-state index in [2.05, 4.69) is 78.5 Å². The van der Waals surface area contributed by atoms with E-state index >= 15 is 0 Å². The number of aromatic amines is 1. The maximum absolute atomic E-state index is 6.38. The third-order valence-electron chi connectivity index (χ3n) is 7.56. The first-order valence-electron chi connectivity index (χ1n) is 12.8. The number of H-pyrrole nitrogens is 1. The number of ether oxygens (including phenoxy) is 1. The minimum Gasteiger partial charge on any atom is -0.491 e. The molecular formula is C29H34N4O. The highest BCUT2D eigenvalue weighted by atomic mass is 16.5. The summed E-state index contributed by atoms with van der Waals surface area (Å²) < 4.78 is 8.58. The smallest absolute Gasteiger partial charge is 0.145 e. The van der Waals surface area contributed by atoms with Crippen LogP contribution in [0.15, 0.2) is 42.6 Å². The standard InChI is InChI=1S/C29H34N4O/c1-5-19(6-2)32-15-13-25-23(16-32)28-22-10-11-24-20(12-14-30-24)27(22)21-8-7-9-26(34-17-18(3)4)29(21)33(28)31-25/h7-12,14,18-19,30H,5-6,13,15-17H2,1-4H3. The molecule has 0 saturated carbocycles. The summed E-state index contributed by atoms with van der Waals surface area (Å²) >= 11 is 0. The van der Waals surface area contributed by atoms with Crippen molar-refractivity contribution in [1.29, 1.82) is 0 Å². The molecule has 0 saturated heterocycles. The third-order valence-corrected chi connectivity index (χ3v) is 7.56. The molecule has 1 aliphatic rings. The SMILES string of the molecule is CCC(CC)N1CCc2nn3c4c(OCC(C)C)cccc4c4c5cc[nH]c5ccc4c3c2C1. The number of nitrogens with one attached hydrogen (secondary N) is 1. The summed E-state index contributed by atoms with van der Waals surface area (Å²) in [7, 11) is 0. The first-order chi connectivity index (χ1) is 16.6. The maximum atomic E-state index is 6.38. The number of para-hydroxylation sites is 1. The van der Waals surface area contributed by atoms with Gasteiger partial charge in [-0.25, -0.2) is 4.52 Å². The van der Waals surface area contributed by atoms with Crippen molar-refractivity contribution >= 4 is 38.1 Å². The number of fused-ring (bicyclic) bond motifs is 10. The molecule has 0 radical (unpaired) electrons. The molecule has 0 aliphatic carbocycles. The van der Waals surface area contributed by atoms with Crippen LogP contribution in [0.25, 0.3) is 38.1 Å². The molecular weight excluding hydrogens is 420 g/mol. The van der Waals surface area contributed by atoms with Crippen LogP contribution in [-0.4, -0.2) is 38.7 Å². The minimum atomic E-state index is 0.460. The Labute approximate surface area is 200 Å². The second-order valence-electron chi connectivity index (χ2n) is 10.2. The van der Waals surface area contributed by atoms with Crippen molar-refractivity contribution in [2.75, 3.05) is 13.2 Å². The molecule has 2 aromatic carbocycles. The molecule has 176 valence electrons. The Morgan fingerprint density at radius 1 is 1.00 bits per heavy atom. The maximum Gasteiger partial charge on any atom is 0.145 e. The van der Waals surface area contributed by atoms with E-state index in [4.69, 9.17) is 9.84 Å². The van der Waals surface area contributed by atoms with Gasteiger partial charge in [-0.05, 0) is 37.0 Å². The molecule has 6 rings (SSSR count). The van der Waals surface area contributed by atoms with E-state index in [1.54, 1.807) is 0 Å². The van der Waals surface area contributed by atoms with Crippen molar-refractivity contribution in [3.05, 3.63) is 53.9 Å². The Morgan fingerprint density at radius 2 is 1.82 bits per heavy atom. The molecule has 5 nitrogen and oxygen atoms in total. The van der Waals surface area contributed by atoms with Crippen molar-refractivity contribution in [1.82, 2.24) is 19.5 Å². The van der Waals surface area contributed by atoms with Crippen LogP contribution in [0.4, 0.5) is 0 Å². The summed E-state index contributed by atoms with van der Waals surface area (Å²) in [6.45, 7) is 11.7. The molecule has 4 heterocycles. The Bertz CT molecular complexity index is 1510. The molecule has 0 amide bonds. The van der Waals surface area contributed by atoms with Gasteiger partial charge in [0.25, 0.3) is 0 Å². The lowest BCUT2D eigenvalue weighted by Gasteiger charge is -2.33. The lowest BCUT2D eigenvalue weighted by Crippen LogP contribution is -2.38. The van der Waals surface area contributed by atoms with Gasteiger partial charge in [0.15, 0.2) is 0 Å². The topological polar surface area (TPSA) is 45.6 Å². The van der Waals surface area contributed by atoms with Crippen LogP contribution < -0.4 is 4.74 Å². The van der Waals surface area contributed by atoms with Crippen LogP contribution in [-0.2, 0) is 13.0 Å². The lowest BCUT2D eigenvalue weighted by atomic mass is 9.97. The summed E-state index contributed by atoms with van der Waals surface area (Å²) in [6, 6.07) is 13.8. The highest BCUT2D eigenvalue weighted by Crippen LogP contribution is 2.41. The van der Waals surface area contributed by atoms with Gasteiger partial charge in [-0.2, -0.15) is 5.10 Å². The molecule has 5 aromatic rings. The molecule has 1 N–H and O–H groups in total. The first-order valence-corrected chi connectivity index (χ1v) is 12.8. The van der Waals surface area contributed by atoms with E-state index in [9.17, 15) is 0 Å². The molecule has 0 atom stereocenters. The van der Waals surface area contributed by atoms with Gasteiger partial charge in [0.2, 0.25) is 0 Å². The molecule has 0 unspecified atom stereocenters. The fraction of sp³-hybridized carbons (Fsp3) is 0.414. The average molecular weight is 455 g/mol. The van der Waals surface area contributed by atoms with Gasteiger partial charge in [-0.15, -0.1) is 0 Å². The van der Waals surface area contributed by atoms with E-state index < -0.39 is 0 Å². The fourth-order valence-corrected chi connectivity index (χ4v) is 5.89. The predicted octanol–water partition coefficient (Wildman–Crippen LogP) is 6.70. The largest absolute Gasteiger partial charge is 0.491 e. The monoisotopic (exact) mass is 454 g/mol. The van der Waals surface area contributed by atoms with Crippen molar-refractivity contribution in [3.63, 3.8) is 0 Å². The van der Waals surface area contributed by atoms with Gasteiger partial charge in [-0.1, -0.05) is 45.9 Å². The second-order valence-corrected chi connectivity index (χ2v) is 10.2. The van der Waals surface area contributed by atoms with E-state index in [-0.39, 0.29) is 0 Å². The van der Waals surface area contributed by atoms with Crippen molar-refractivity contribution in [2.24, 2.45) is 5.92 Å². The highest BCUT2D eigenvalue weighted by molar-refractivity contribution is 6.24. The molecule has 0 bridgehead atoms. The molecule has 0 spiro atoms. The molecule has 34 heavy (non-hydrogen) atoms. The molecule has 1 aliphatic heterocycles. The zero-order chi connectivity index (χ0) is 23.4. The van der Waals surface area contributed by atoms with Crippen LogP contribution in [0.2, 0.25) is 0 Å². The number of hydrogen-bond donors (Lipinski definition) is 1. The zero-order valence-electron chi connectivity index (χ0n) is 20.7. The summed E-state index contributed by atoms with van der Waals surface area (Å²) in [5.74, 6) is 1.38. The van der Waals surface area contributed by atoms with Crippen molar-refractivity contribution < 1.29 is 4.74 Å². The number of hydrogen-bond acceptors (Lipinski definition) is 3. The van der Waals surface area contributed by atoms with Gasteiger partial charge in [0.1, 0.15) is 11.3 Å². The van der Waals surface area contributed by atoms with E-state index in [1.807, 2.05) is 6.20 Å². The highest BCUT2D eigenvalue weighted by Gasteiger charge is 2.28. The Kier molecular flexibility index (Phi) is 5.25. The number of rotatable bonds is 6. The molecule has 0 fully saturated rings. The van der Waals surface area contributed by atoms with Crippen LogP contribution in [0, 0.1) is 5.92 Å². The predicted molar refractivity (Wildman–Crippen MR) is 141 cm³/mol. The Balaban J connectivity index is 1.70. The Hall–Kier alpha value is -3.05. The molecule has 5 heteroatoms. The van der Waals surface area contributed by atoms with Crippen LogP contribution in [0.1, 0.15) is 51.8 Å². The lowest BCUT2D eigenvalue weighted by molar-refractivity contribution is 0.169. The van der Waals surface area contributed by atoms with Gasteiger partial charge in [0.05, 0.1) is 17.8 Å². The van der Waals surface area contributed by atoms with E-state index in [1.165, 1.54) is 56.7 Å². The van der Waals surface area contributed by atoms with Crippen LogP contribution >= 0.6 is 0 Å². The third kappa shape index (κ3) is 3.21. The van der Waals surface area contributed by atoms with Crippen molar-refractivity contribution in [2.45, 2.75) is 59.5 Å². The summed E-state index contributed by atoms with van der Waals surface area (Å²) in [4.78, 5) is 6.07. The minimum absolute atomic E-state index is 0.460. The number of aromatic nitrogens is 3. The average Bonchev–Trinajstić information content (AvgIpc) is 3.47. The summed E-state index contributed by atoms with van der Waals surface area (Å²) in [6.07, 6.45) is 5.41. The molecule has 3 aromatic heterocycles. The summed E-state index contributed by atoms with van der Waals surface area (Å²) in [5, 5.41) is 10.3. The van der Waals surface area contributed by atoms with Gasteiger partial charge >= 0.3 is 0 Å². The van der Waals surface area contributed by atoms with E-state index in [0.29, 0.717) is 18.6 Å². The Morgan fingerprint density at radius 3 is 2.62 bits per heavy atom. The quantitative estimate of drug-likeness (QED) is 0.290.